The number of nitrogen functional groups attached to an aromatic ring is 1. The van der Waals surface area contributed by atoms with E-state index in [1.54, 1.807) is 32.3 Å². The van der Waals surface area contributed by atoms with E-state index in [2.05, 4.69) is 40.5 Å². The predicted molar refractivity (Wildman–Crippen MR) is 131 cm³/mol. The van der Waals surface area contributed by atoms with E-state index >= 15 is 0 Å². The molecule has 10 heteroatoms. The summed E-state index contributed by atoms with van der Waals surface area (Å²) in [7, 11) is 1.70. The van der Waals surface area contributed by atoms with E-state index in [4.69, 9.17) is 20.4 Å². The number of rotatable bonds is 6. The first-order chi connectivity index (χ1) is 15.6. The van der Waals surface area contributed by atoms with Crippen LogP contribution in [-0.2, 0) is 11.3 Å². The van der Waals surface area contributed by atoms with Gasteiger partial charge in [-0.15, -0.1) is 11.3 Å². The number of carboxylic acid groups (broad SMARTS) is 1. The number of fused-ring (bicyclic) bond motifs is 2. The highest BCUT2D eigenvalue weighted by Crippen LogP contribution is 2.44. The van der Waals surface area contributed by atoms with E-state index in [1.807, 2.05) is 11.4 Å². The van der Waals surface area contributed by atoms with Gasteiger partial charge in [0.1, 0.15) is 17.6 Å². The van der Waals surface area contributed by atoms with Crippen LogP contribution in [-0.4, -0.2) is 50.5 Å². The minimum atomic E-state index is -0.797. The summed E-state index contributed by atoms with van der Waals surface area (Å²) in [5.41, 5.74) is 10.6. The lowest BCUT2D eigenvalue weighted by Gasteiger charge is -2.18. The van der Waals surface area contributed by atoms with Crippen molar-refractivity contribution in [2.45, 2.75) is 39.8 Å². The first-order valence-corrected chi connectivity index (χ1v) is 11.1. The van der Waals surface area contributed by atoms with Crippen LogP contribution in [0.4, 0.5) is 5.82 Å². The SMILES string of the molecule is COc1cc(C)cc2cc(-c3c(CNCC(C)(C)O)c(C)n4ncnc(N)c34)sc12.O=CO. The van der Waals surface area contributed by atoms with Gasteiger partial charge in [0.2, 0.25) is 0 Å². The molecule has 0 bridgehead atoms. The molecule has 9 nitrogen and oxygen atoms in total. The highest BCUT2D eigenvalue weighted by molar-refractivity contribution is 7.22. The predicted octanol–water partition coefficient (Wildman–Crippen LogP) is 3.38. The average Bonchev–Trinajstić information content (AvgIpc) is 3.27. The number of aliphatic hydroxyl groups is 1. The van der Waals surface area contributed by atoms with Crippen LogP contribution in [0.3, 0.4) is 0 Å². The molecule has 3 aromatic heterocycles. The maximum absolute atomic E-state index is 10.1. The highest BCUT2D eigenvalue weighted by Gasteiger charge is 2.23. The monoisotopic (exact) mass is 471 g/mol. The lowest BCUT2D eigenvalue weighted by Crippen LogP contribution is -2.34. The molecular formula is C23H29N5O4S. The van der Waals surface area contributed by atoms with Gasteiger partial charge in [-0.05, 0) is 56.3 Å². The Hall–Kier alpha value is -3.21. The van der Waals surface area contributed by atoms with Crippen LogP contribution in [0.15, 0.2) is 24.5 Å². The molecule has 5 N–H and O–H groups in total. The number of benzene rings is 1. The number of nitrogens with two attached hydrogens (primary N) is 1. The number of nitrogens with zero attached hydrogens (tertiary/aromatic N) is 3. The second-order valence-corrected chi connectivity index (χ2v) is 9.41. The number of carbonyl (C=O) groups is 1. The van der Waals surface area contributed by atoms with Gasteiger partial charge in [0.05, 0.1) is 17.4 Å². The highest BCUT2D eigenvalue weighted by atomic mass is 32.1. The fraction of sp³-hybridized carbons (Fsp3) is 0.348. The second-order valence-electron chi connectivity index (χ2n) is 8.36. The number of hydrogen-bond acceptors (Lipinski definition) is 8. The maximum atomic E-state index is 10.1. The minimum absolute atomic E-state index is 0.250. The molecule has 4 aromatic rings. The molecule has 0 unspecified atom stereocenters. The number of nitrogens with one attached hydrogen (secondary N) is 1. The van der Waals surface area contributed by atoms with E-state index in [9.17, 15) is 5.11 Å². The van der Waals surface area contributed by atoms with Crippen molar-refractivity contribution in [1.29, 1.82) is 0 Å². The fourth-order valence-electron chi connectivity index (χ4n) is 3.82. The Kier molecular flexibility index (Phi) is 7.21. The van der Waals surface area contributed by atoms with E-state index in [0.717, 1.165) is 48.6 Å². The van der Waals surface area contributed by atoms with Crippen molar-refractivity contribution in [3.63, 3.8) is 0 Å². The summed E-state index contributed by atoms with van der Waals surface area (Å²) in [6, 6.07) is 6.39. The van der Waals surface area contributed by atoms with Crippen LogP contribution in [0.25, 0.3) is 26.0 Å². The molecule has 0 saturated carbocycles. The van der Waals surface area contributed by atoms with Gasteiger partial charge in [-0.1, -0.05) is 6.07 Å². The third-order valence-corrected chi connectivity index (χ3v) is 6.35. The summed E-state index contributed by atoms with van der Waals surface area (Å²) >= 11 is 1.67. The normalized spacial score (nSPS) is 11.5. The van der Waals surface area contributed by atoms with Gasteiger partial charge < -0.3 is 26.0 Å². The van der Waals surface area contributed by atoms with Crippen LogP contribution in [0, 0.1) is 13.8 Å². The van der Waals surface area contributed by atoms with Gasteiger partial charge in [0.25, 0.3) is 6.47 Å². The Morgan fingerprint density at radius 1 is 1.30 bits per heavy atom. The molecule has 0 fully saturated rings. The average molecular weight is 472 g/mol. The standard InChI is InChI=1S/C22H27N5O2S.CH2O2/c1-12-6-14-8-17(30-20(14)16(7-12)29-5)18-15(9-24-10-22(3,4)28)13(2)27-19(18)21(23)25-11-26-27;2-1-3/h6-8,11,24,28H,9-10H2,1-5H3,(H2,23,25,26);1H,(H,2,3). The van der Waals surface area contributed by atoms with Crippen molar-refractivity contribution in [1.82, 2.24) is 19.9 Å². The third-order valence-electron chi connectivity index (χ3n) is 5.16. The van der Waals surface area contributed by atoms with E-state index in [-0.39, 0.29) is 6.47 Å². The first kappa shape index (κ1) is 24.4. The Morgan fingerprint density at radius 3 is 2.64 bits per heavy atom. The van der Waals surface area contributed by atoms with Crippen LogP contribution < -0.4 is 15.8 Å². The number of thiophene rings is 1. The molecule has 1 aromatic carbocycles. The molecular weight excluding hydrogens is 442 g/mol. The molecule has 33 heavy (non-hydrogen) atoms. The van der Waals surface area contributed by atoms with Crippen LogP contribution in [0.5, 0.6) is 5.75 Å². The Labute approximate surface area is 195 Å². The van der Waals surface area contributed by atoms with E-state index in [0.29, 0.717) is 18.9 Å². The lowest BCUT2D eigenvalue weighted by atomic mass is 10.1. The molecule has 176 valence electrons. The zero-order chi connectivity index (χ0) is 24.3. The molecule has 0 atom stereocenters. The summed E-state index contributed by atoms with van der Waals surface area (Å²) in [5, 5.41) is 25.9. The summed E-state index contributed by atoms with van der Waals surface area (Å²) in [4.78, 5) is 13.7. The molecule has 0 spiro atoms. The maximum Gasteiger partial charge on any atom is 0.290 e. The number of hydrogen-bond donors (Lipinski definition) is 4. The molecule has 0 aliphatic carbocycles. The summed E-state index contributed by atoms with van der Waals surface area (Å²) in [6.45, 7) is 8.47. The Bertz CT molecular complexity index is 1290. The fourth-order valence-corrected chi connectivity index (χ4v) is 5.03. The largest absolute Gasteiger partial charge is 0.495 e. The van der Waals surface area contributed by atoms with E-state index < -0.39 is 5.60 Å². The number of ether oxygens (including phenoxy) is 1. The van der Waals surface area contributed by atoms with Gasteiger partial charge >= 0.3 is 0 Å². The van der Waals surface area contributed by atoms with Crippen molar-refractivity contribution in [3.05, 3.63) is 41.3 Å². The molecule has 0 amide bonds. The Morgan fingerprint density at radius 2 is 2.00 bits per heavy atom. The third kappa shape index (κ3) is 5.08. The number of anilines is 1. The van der Waals surface area contributed by atoms with Crippen LogP contribution >= 0.6 is 11.3 Å². The zero-order valence-corrected chi connectivity index (χ0v) is 20.2. The summed E-state index contributed by atoms with van der Waals surface area (Å²) < 4.78 is 8.57. The van der Waals surface area contributed by atoms with Crippen molar-refractivity contribution < 1.29 is 19.7 Å². The van der Waals surface area contributed by atoms with Gasteiger partial charge in [-0.3, -0.25) is 4.79 Å². The smallest absolute Gasteiger partial charge is 0.290 e. The van der Waals surface area contributed by atoms with Crippen molar-refractivity contribution in [2.24, 2.45) is 0 Å². The minimum Gasteiger partial charge on any atom is -0.495 e. The van der Waals surface area contributed by atoms with Crippen molar-refractivity contribution >= 4 is 39.2 Å². The molecule has 0 aliphatic heterocycles. The van der Waals surface area contributed by atoms with Gasteiger partial charge in [-0.2, -0.15) is 5.10 Å². The number of aryl methyl sites for hydroxylation is 2. The first-order valence-electron chi connectivity index (χ1n) is 10.3. The summed E-state index contributed by atoms with van der Waals surface area (Å²) in [5.74, 6) is 1.31. The van der Waals surface area contributed by atoms with Gasteiger partial charge in [-0.25, -0.2) is 9.50 Å². The van der Waals surface area contributed by atoms with Crippen molar-refractivity contribution in [3.8, 4) is 16.2 Å². The second kappa shape index (κ2) is 9.74. The van der Waals surface area contributed by atoms with Crippen molar-refractivity contribution in [2.75, 3.05) is 19.4 Å². The number of aromatic nitrogens is 3. The molecule has 0 saturated heterocycles. The molecule has 0 radical (unpaired) electrons. The topological polar surface area (TPSA) is 135 Å². The van der Waals surface area contributed by atoms with E-state index in [1.165, 1.54) is 6.33 Å². The Balaban J connectivity index is 0.000000968. The summed E-state index contributed by atoms with van der Waals surface area (Å²) in [6.07, 6.45) is 1.48. The van der Waals surface area contributed by atoms with Crippen LogP contribution in [0.2, 0.25) is 0 Å². The zero-order valence-electron chi connectivity index (χ0n) is 19.3. The molecule has 3 heterocycles. The van der Waals surface area contributed by atoms with Crippen LogP contribution in [0.1, 0.15) is 30.7 Å². The van der Waals surface area contributed by atoms with Gasteiger partial charge in [0, 0.05) is 29.2 Å². The van der Waals surface area contributed by atoms with Gasteiger partial charge in [0.15, 0.2) is 5.82 Å². The number of methoxy groups -OCH3 is 1. The molecule has 4 rings (SSSR count). The lowest BCUT2D eigenvalue weighted by molar-refractivity contribution is -0.122. The quantitative estimate of drug-likeness (QED) is 0.314. The molecule has 0 aliphatic rings.